The molecule has 1 saturated heterocycles. The van der Waals surface area contributed by atoms with Gasteiger partial charge < -0.3 is 16.0 Å². The van der Waals surface area contributed by atoms with Gasteiger partial charge in [0.1, 0.15) is 0 Å². The minimum absolute atomic E-state index is 0.00260. The van der Waals surface area contributed by atoms with Crippen LogP contribution in [0.4, 0.5) is 0 Å². The number of nitrogens with zero attached hydrogens (tertiary/aromatic N) is 1. The summed E-state index contributed by atoms with van der Waals surface area (Å²) in [5.41, 5.74) is 6.75. The fraction of sp³-hybridized carbons (Fsp3) is 0.400. The Morgan fingerprint density at radius 1 is 1.20 bits per heavy atom. The van der Waals surface area contributed by atoms with Gasteiger partial charge in [0, 0.05) is 13.1 Å². The van der Waals surface area contributed by atoms with Crippen LogP contribution in [0.1, 0.15) is 18.9 Å². The number of nitrogens with one attached hydrogen (secondary N) is 1. The van der Waals surface area contributed by atoms with Crippen molar-refractivity contribution in [3.05, 3.63) is 48.0 Å². The average Bonchev–Trinajstić information content (AvgIpc) is 3.03. The third-order valence-corrected chi connectivity index (χ3v) is 5.07. The Balaban J connectivity index is 1.55. The minimum atomic E-state index is -0.134. The predicted octanol–water partition coefficient (Wildman–Crippen LogP) is 1.70. The Hall–Kier alpha value is -2.40. The van der Waals surface area contributed by atoms with Gasteiger partial charge in [-0.3, -0.25) is 9.59 Å². The van der Waals surface area contributed by atoms with Crippen molar-refractivity contribution in [2.75, 3.05) is 26.2 Å². The van der Waals surface area contributed by atoms with E-state index < -0.39 is 0 Å². The Labute approximate surface area is 148 Å². The predicted molar refractivity (Wildman–Crippen MR) is 99.0 cm³/mol. The van der Waals surface area contributed by atoms with Crippen LogP contribution in [0.25, 0.3) is 10.8 Å². The molecule has 3 N–H and O–H groups in total. The summed E-state index contributed by atoms with van der Waals surface area (Å²) in [5.74, 6) is -0.172. The van der Waals surface area contributed by atoms with Crippen molar-refractivity contribution in [2.24, 2.45) is 11.1 Å². The number of rotatable bonds is 5. The van der Waals surface area contributed by atoms with Gasteiger partial charge in [0.25, 0.3) is 0 Å². The van der Waals surface area contributed by atoms with Gasteiger partial charge in [-0.15, -0.1) is 0 Å². The molecule has 132 valence electrons. The lowest BCUT2D eigenvalue weighted by molar-refractivity contribution is -0.132. The van der Waals surface area contributed by atoms with Crippen molar-refractivity contribution in [2.45, 2.75) is 19.8 Å². The van der Waals surface area contributed by atoms with Crippen molar-refractivity contribution in [1.82, 2.24) is 10.2 Å². The molecule has 0 aliphatic carbocycles. The lowest BCUT2D eigenvalue weighted by Crippen LogP contribution is -2.41. The van der Waals surface area contributed by atoms with Gasteiger partial charge in [0.2, 0.25) is 11.8 Å². The van der Waals surface area contributed by atoms with Crippen LogP contribution in [-0.2, 0) is 16.0 Å². The Bertz CT molecular complexity index is 784. The van der Waals surface area contributed by atoms with Crippen molar-refractivity contribution in [3.8, 4) is 0 Å². The summed E-state index contributed by atoms with van der Waals surface area (Å²) in [4.78, 5) is 26.3. The van der Waals surface area contributed by atoms with E-state index >= 15 is 0 Å². The van der Waals surface area contributed by atoms with Gasteiger partial charge in [-0.05, 0) is 34.7 Å². The highest BCUT2D eigenvalue weighted by atomic mass is 16.2. The number of hydrogen-bond acceptors (Lipinski definition) is 3. The highest BCUT2D eigenvalue weighted by molar-refractivity contribution is 5.91. The second-order valence-electron chi connectivity index (χ2n) is 7.17. The van der Waals surface area contributed by atoms with E-state index in [1.807, 2.05) is 42.5 Å². The lowest BCUT2D eigenvalue weighted by atomic mass is 9.90. The topological polar surface area (TPSA) is 75.4 Å². The summed E-state index contributed by atoms with van der Waals surface area (Å²) in [6.07, 6.45) is 1.19. The van der Waals surface area contributed by atoms with E-state index in [-0.39, 0.29) is 30.2 Å². The lowest BCUT2D eigenvalue weighted by Gasteiger charge is -2.22. The first-order valence-corrected chi connectivity index (χ1v) is 8.72. The zero-order valence-corrected chi connectivity index (χ0v) is 14.6. The maximum atomic E-state index is 12.3. The molecule has 1 fully saturated rings. The van der Waals surface area contributed by atoms with Gasteiger partial charge in [-0.25, -0.2) is 0 Å². The summed E-state index contributed by atoms with van der Waals surface area (Å²) in [6, 6.07) is 13.9. The van der Waals surface area contributed by atoms with E-state index in [4.69, 9.17) is 5.73 Å². The van der Waals surface area contributed by atoms with Crippen LogP contribution in [-0.4, -0.2) is 42.9 Å². The van der Waals surface area contributed by atoms with Crippen molar-refractivity contribution in [3.63, 3.8) is 0 Å². The molecule has 0 saturated carbocycles. The van der Waals surface area contributed by atoms with Gasteiger partial charge in [-0.1, -0.05) is 49.4 Å². The minimum Gasteiger partial charge on any atom is -0.347 e. The molecule has 1 aliphatic rings. The van der Waals surface area contributed by atoms with E-state index in [2.05, 4.69) is 12.2 Å². The number of benzene rings is 2. The van der Waals surface area contributed by atoms with Crippen molar-refractivity contribution in [1.29, 1.82) is 0 Å². The molecule has 2 aromatic rings. The smallest absolute Gasteiger partial charge is 0.241 e. The zero-order chi connectivity index (χ0) is 17.9. The van der Waals surface area contributed by atoms with E-state index in [0.29, 0.717) is 19.6 Å². The molecule has 5 nitrogen and oxygen atoms in total. The quantitative estimate of drug-likeness (QED) is 0.870. The van der Waals surface area contributed by atoms with Crippen LogP contribution in [0, 0.1) is 5.41 Å². The molecule has 0 spiro atoms. The first kappa shape index (κ1) is 17.4. The van der Waals surface area contributed by atoms with Gasteiger partial charge in [0.15, 0.2) is 0 Å². The number of likely N-dealkylation sites (tertiary alicyclic amines) is 1. The number of fused-ring (bicyclic) bond motifs is 1. The molecule has 0 aromatic heterocycles. The standard InChI is InChI=1S/C20H25N3O2/c1-20(13-21)9-10-23(14-20)19(25)12-22-18(24)11-16-7-4-6-15-5-2-3-8-17(15)16/h2-8H,9-14,21H2,1H3,(H,22,24). The highest BCUT2D eigenvalue weighted by Gasteiger charge is 2.34. The second-order valence-corrected chi connectivity index (χ2v) is 7.17. The fourth-order valence-electron chi connectivity index (χ4n) is 3.37. The zero-order valence-electron chi connectivity index (χ0n) is 14.6. The molecule has 5 heteroatoms. The molecule has 0 bridgehead atoms. The van der Waals surface area contributed by atoms with Gasteiger partial charge in [-0.2, -0.15) is 0 Å². The maximum Gasteiger partial charge on any atom is 0.241 e. The fourth-order valence-corrected chi connectivity index (χ4v) is 3.37. The molecule has 0 radical (unpaired) electrons. The van der Waals surface area contributed by atoms with Gasteiger partial charge in [0.05, 0.1) is 13.0 Å². The van der Waals surface area contributed by atoms with Crippen LogP contribution < -0.4 is 11.1 Å². The Morgan fingerprint density at radius 3 is 2.72 bits per heavy atom. The molecule has 2 amide bonds. The Kier molecular flexibility index (Phi) is 5.04. The van der Waals surface area contributed by atoms with Crippen LogP contribution in [0.15, 0.2) is 42.5 Å². The van der Waals surface area contributed by atoms with E-state index in [1.165, 1.54) is 0 Å². The molecule has 1 aliphatic heterocycles. The van der Waals surface area contributed by atoms with Gasteiger partial charge >= 0.3 is 0 Å². The van der Waals surface area contributed by atoms with Crippen LogP contribution in [0.2, 0.25) is 0 Å². The molecule has 1 unspecified atom stereocenters. The van der Waals surface area contributed by atoms with Crippen molar-refractivity contribution < 1.29 is 9.59 Å². The summed E-state index contributed by atoms with van der Waals surface area (Å²) < 4.78 is 0. The number of hydrogen-bond donors (Lipinski definition) is 2. The summed E-state index contributed by atoms with van der Waals surface area (Å²) in [5, 5.41) is 4.94. The number of nitrogens with two attached hydrogens (primary N) is 1. The summed E-state index contributed by atoms with van der Waals surface area (Å²) in [6.45, 7) is 4.10. The molecular weight excluding hydrogens is 314 g/mol. The van der Waals surface area contributed by atoms with E-state index in [1.54, 1.807) is 4.90 Å². The third-order valence-electron chi connectivity index (χ3n) is 5.07. The molecule has 2 aromatic carbocycles. The normalized spacial score (nSPS) is 20.0. The Morgan fingerprint density at radius 2 is 1.96 bits per heavy atom. The summed E-state index contributed by atoms with van der Waals surface area (Å²) >= 11 is 0. The molecular formula is C20H25N3O2. The van der Waals surface area contributed by atoms with Crippen molar-refractivity contribution >= 4 is 22.6 Å². The molecule has 25 heavy (non-hydrogen) atoms. The van der Waals surface area contributed by atoms with Crippen LogP contribution in [0.3, 0.4) is 0 Å². The summed E-state index contributed by atoms with van der Waals surface area (Å²) in [7, 11) is 0. The first-order chi connectivity index (χ1) is 12.0. The maximum absolute atomic E-state index is 12.3. The number of carbonyl (C=O) groups is 2. The first-order valence-electron chi connectivity index (χ1n) is 8.72. The molecule has 1 atom stereocenters. The van der Waals surface area contributed by atoms with E-state index in [9.17, 15) is 9.59 Å². The van der Waals surface area contributed by atoms with Crippen LogP contribution >= 0.6 is 0 Å². The third kappa shape index (κ3) is 3.99. The largest absolute Gasteiger partial charge is 0.347 e. The second kappa shape index (κ2) is 7.23. The molecule has 1 heterocycles. The SMILES string of the molecule is CC1(CN)CCN(C(=O)CNC(=O)Cc2cccc3ccccc23)C1. The number of carbonyl (C=O) groups excluding carboxylic acids is 2. The molecule has 3 rings (SSSR count). The number of amides is 2. The monoisotopic (exact) mass is 339 g/mol. The average molecular weight is 339 g/mol. The van der Waals surface area contributed by atoms with E-state index in [0.717, 1.165) is 22.8 Å². The van der Waals surface area contributed by atoms with Crippen LogP contribution in [0.5, 0.6) is 0 Å². The highest BCUT2D eigenvalue weighted by Crippen LogP contribution is 2.28.